The van der Waals surface area contributed by atoms with Gasteiger partial charge >= 0.3 is 0 Å². The van der Waals surface area contributed by atoms with Gasteiger partial charge in [0.15, 0.2) is 0 Å². The molecule has 0 bridgehead atoms. The van der Waals surface area contributed by atoms with Gasteiger partial charge in [-0.1, -0.05) is 6.07 Å². The van der Waals surface area contributed by atoms with E-state index in [-0.39, 0.29) is 11.9 Å². The molecule has 1 saturated heterocycles. The fourth-order valence-electron chi connectivity index (χ4n) is 2.66. The highest BCUT2D eigenvalue weighted by molar-refractivity contribution is 7.13. The summed E-state index contributed by atoms with van der Waals surface area (Å²) in [5.74, 6) is 0.915. The average Bonchev–Trinajstić information content (AvgIpc) is 3.05. The van der Waals surface area contributed by atoms with E-state index in [0.29, 0.717) is 4.88 Å². The molecule has 21 heavy (non-hydrogen) atoms. The third-order valence-electron chi connectivity index (χ3n) is 3.71. The van der Waals surface area contributed by atoms with Crippen LogP contribution in [0.2, 0.25) is 0 Å². The molecule has 6 heteroatoms. The number of piperidine rings is 1. The Hall–Kier alpha value is -1.95. The van der Waals surface area contributed by atoms with E-state index in [0.717, 1.165) is 23.8 Å². The lowest BCUT2D eigenvalue weighted by Gasteiger charge is -2.35. The molecule has 1 N–H and O–H groups in total. The van der Waals surface area contributed by atoms with Gasteiger partial charge in [-0.2, -0.15) is 0 Å². The van der Waals surface area contributed by atoms with Gasteiger partial charge in [0, 0.05) is 19.8 Å². The van der Waals surface area contributed by atoms with Crippen LogP contribution in [-0.4, -0.2) is 29.5 Å². The Morgan fingerprint density at radius 1 is 1.38 bits per heavy atom. The van der Waals surface area contributed by atoms with Crippen molar-refractivity contribution >= 4 is 23.1 Å². The summed E-state index contributed by atoms with van der Waals surface area (Å²) in [5.41, 5.74) is 0. The van der Waals surface area contributed by atoms with E-state index >= 15 is 0 Å². The number of aromatic nitrogens is 2. The highest BCUT2D eigenvalue weighted by atomic mass is 32.1. The van der Waals surface area contributed by atoms with Crippen LogP contribution in [0.25, 0.3) is 0 Å². The number of thiazole rings is 1. The van der Waals surface area contributed by atoms with Crippen molar-refractivity contribution in [2.75, 3.05) is 18.5 Å². The van der Waals surface area contributed by atoms with Crippen molar-refractivity contribution in [1.29, 1.82) is 0 Å². The van der Waals surface area contributed by atoms with Crippen LogP contribution in [0, 0.1) is 0 Å². The van der Waals surface area contributed by atoms with Gasteiger partial charge < -0.3 is 10.2 Å². The summed E-state index contributed by atoms with van der Waals surface area (Å²) >= 11 is 1.48. The third-order valence-corrected chi connectivity index (χ3v) is 4.80. The van der Waals surface area contributed by atoms with Crippen LogP contribution < -0.4 is 10.2 Å². The number of rotatable bonds is 3. The molecule has 110 valence electrons. The van der Waals surface area contributed by atoms with Crippen molar-refractivity contribution in [3.8, 4) is 0 Å². The summed E-state index contributed by atoms with van der Waals surface area (Å²) in [6, 6.07) is 6.18. The fraction of sp³-hybridized carbons (Fsp3) is 0.400. The molecule has 0 saturated carbocycles. The molecule has 1 amide bonds. The van der Waals surface area contributed by atoms with Crippen LogP contribution in [0.3, 0.4) is 0 Å². The number of anilines is 1. The van der Waals surface area contributed by atoms with Crippen molar-refractivity contribution in [1.82, 2.24) is 15.3 Å². The van der Waals surface area contributed by atoms with Gasteiger partial charge in [0.1, 0.15) is 15.7 Å². The molecule has 1 aliphatic rings. The molecule has 0 radical (unpaired) electrons. The first-order valence-electron chi connectivity index (χ1n) is 7.15. The van der Waals surface area contributed by atoms with E-state index in [1.165, 1.54) is 24.2 Å². The number of amides is 1. The first-order chi connectivity index (χ1) is 10.3. The molecular weight excluding hydrogens is 284 g/mol. The summed E-state index contributed by atoms with van der Waals surface area (Å²) in [6.07, 6.45) is 6.89. The van der Waals surface area contributed by atoms with E-state index in [9.17, 15) is 4.79 Å². The van der Waals surface area contributed by atoms with Crippen LogP contribution in [0.1, 0.15) is 40.0 Å². The second-order valence-electron chi connectivity index (χ2n) is 5.03. The minimum Gasteiger partial charge on any atom is -0.354 e. The smallest absolute Gasteiger partial charge is 0.262 e. The summed E-state index contributed by atoms with van der Waals surface area (Å²) < 4.78 is 0. The zero-order chi connectivity index (χ0) is 14.7. The Morgan fingerprint density at radius 2 is 2.29 bits per heavy atom. The molecule has 1 aliphatic heterocycles. The highest BCUT2D eigenvalue weighted by Gasteiger charge is 2.27. The lowest BCUT2D eigenvalue weighted by Crippen LogP contribution is -2.33. The van der Waals surface area contributed by atoms with Crippen molar-refractivity contribution < 1.29 is 4.79 Å². The lowest BCUT2D eigenvalue weighted by atomic mass is 10.0. The van der Waals surface area contributed by atoms with E-state index in [4.69, 9.17) is 0 Å². The molecule has 0 aromatic carbocycles. The largest absolute Gasteiger partial charge is 0.354 e. The second kappa shape index (κ2) is 6.22. The summed E-state index contributed by atoms with van der Waals surface area (Å²) in [5, 5.41) is 3.64. The van der Waals surface area contributed by atoms with Crippen LogP contribution in [0.5, 0.6) is 0 Å². The van der Waals surface area contributed by atoms with E-state index in [2.05, 4.69) is 20.2 Å². The van der Waals surface area contributed by atoms with Crippen molar-refractivity contribution in [3.63, 3.8) is 0 Å². The Labute approximate surface area is 128 Å². The molecule has 1 fully saturated rings. The first-order valence-corrected chi connectivity index (χ1v) is 7.96. The zero-order valence-electron chi connectivity index (χ0n) is 12.0. The number of carbonyl (C=O) groups is 1. The van der Waals surface area contributed by atoms with E-state index in [1.54, 1.807) is 13.2 Å². The fourth-order valence-corrected chi connectivity index (χ4v) is 3.67. The minimum atomic E-state index is -0.0704. The molecule has 1 unspecified atom stereocenters. The Balaban J connectivity index is 1.87. The Kier molecular flexibility index (Phi) is 4.15. The zero-order valence-corrected chi connectivity index (χ0v) is 12.8. The summed E-state index contributed by atoms with van der Waals surface area (Å²) in [4.78, 5) is 23.6. The predicted molar refractivity (Wildman–Crippen MR) is 83.7 cm³/mol. The Bertz CT molecular complexity index is 613. The first kappa shape index (κ1) is 14.0. The topological polar surface area (TPSA) is 58.1 Å². The van der Waals surface area contributed by atoms with Gasteiger partial charge in [-0.3, -0.25) is 4.79 Å². The van der Waals surface area contributed by atoms with Crippen LogP contribution in [0.4, 0.5) is 5.82 Å². The van der Waals surface area contributed by atoms with Gasteiger partial charge in [0.25, 0.3) is 5.91 Å². The number of hydrogen-bond acceptors (Lipinski definition) is 5. The molecule has 3 rings (SSSR count). The van der Waals surface area contributed by atoms with Gasteiger partial charge in [0.2, 0.25) is 0 Å². The van der Waals surface area contributed by atoms with Crippen molar-refractivity contribution in [3.05, 3.63) is 40.5 Å². The number of carbonyl (C=O) groups excluding carboxylic acids is 1. The standard InChI is InChI=1S/C15H18N4OS/c1-16-14(20)12-10-18-15(21-12)11-6-3-5-9-19(11)13-7-2-4-8-17-13/h2,4,7-8,10-11H,3,5-6,9H2,1H3,(H,16,20). The van der Waals surface area contributed by atoms with Crippen molar-refractivity contribution in [2.45, 2.75) is 25.3 Å². The van der Waals surface area contributed by atoms with Crippen LogP contribution in [-0.2, 0) is 0 Å². The normalized spacial score (nSPS) is 18.5. The molecular formula is C15H18N4OS. The molecule has 5 nitrogen and oxygen atoms in total. The maximum atomic E-state index is 11.7. The summed E-state index contributed by atoms with van der Waals surface area (Å²) in [6.45, 7) is 0.983. The molecule has 1 atom stereocenters. The number of nitrogens with one attached hydrogen (secondary N) is 1. The predicted octanol–water partition coefficient (Wildman–Crippen LogP) is 2.63. The third kappa shape index (κ3) is 2.90. The number of hydrogen-bond donors (Lipinski definition) is 1. The van der Waals surface area contributed by atoms with E-state index in [1.807, 2.05) is 24.4 Å². The van der Waals surface area contributed by atoms with Gasteiger partial charge in [-0.15, -0.1) is 11.3 Å². The van der Waals surface area contributed by atoms with Gasteiger partial charge in [0.05, 0.1) is 12.2 Å². The second-order valence-corrected chi connectivity index (χ2v) is 6.10. The van der Waals surface area contributed by atoms with Gasteiger partial charge in [-0.05, 0) is 31.4 Å². The SMILES string of the molecule is CNC(=O)c1cnc(C2CCCCN2c2ccccn2)s1. The molecule has 0 aliphatic carbocycles. The molecule has 2 aromatic heterocycles. The number of nitrogens with zero attached hydrogens (tertiary/aromatic N) is 3. The van der Waals surface area contributed by atoms with Crippen LogP contribution in [0.15, 0.2) is 30.6 Å². The molecule has 2 aromatic rings. The summed E-state index contributed by atoms with van der Waals surface area (Å²) in [7, 11) is 1.64. The van der Waals surface area contributed by atoms with E-state index < -0.39 is 0 Å². The highest BCUT2D eigenvalue weighted by Crippen LogP contribution is 2.35. The van der Waals surface area contributed by atoms with Gasteiger partial charge in [-0.25, -0.2) is 9.97 Å². The molecule has 0 spiro atoms. The minimum absolute atomic E-state index is 0.0704. The number of pyridine rings is 1. The maximum absolute atomic E-state index is 11.7. The lowest BCUT2D eigenvalue weighted by molar-refractivity contribution is 0.0967. The monoisotopic (exact) mass is 302 g/mol. The van der Waals surface area contributed by atoms with Crippen LogP contribution >= 0.6 is 11.3 Å². The maximum Gasteiger partial charge on any atom is 0.262 e. The average molecular weight is 302 g/mol. The van der Waals surface area contributed by atoms with Crippen molar-refractivity contribution in [2.24, 2.45) is 0 Å². The quantitative estimate of drug-likeness (QED) is 0.947. The Morgan fingerprint density at radius 3 is 3.05 bits per heavy atom. The molecule has 3 heterocycles.